The molecule has 2 N–H and O–H groups in total. The first-order chi connectivity index (χ1) is 6.68. The van der Waals surface area contributed by atoms with Crippen LogP contribution in [0.15, 0.2) is 18.2 Å². The van der Waals surface area contributed by atoms with E-state index in [0.29, 0.717) is 0 Å². The van der Waals surface area contributed by atoms with E-state index in [1.165, 1.54) is 0 Å². The summed E-state index contributed by atoms with van der Waals surface area (Å²) in [5, 5.41) is -1.12. The maximum Gasteiger partial charge on any atom is 0.335 e. The standard InChI is InChI=1S/C11H17O3P/c1-8-6-5-7-10(9(8)2)11(3,4)15(12,13)14/h5-7H,1-4H3,(H2,12,13,14). The third kappa shape index (κ3) is 2.15. The van der Waals surface area contributed by atoms with Gasteiger partial charge in [-0.1, -0.05) is 18.2 Å². The monoisotopic (exact) mass is 228 g/mol. The van der Waals surface area contributed by atoms with Crippen LogP contribution in [0.3, 0.4) is 0 Å². The molecule has 15 heavy (non-hydrogen) atoms. The highest BCUT2D eigenvalue weighted by molar-refractivity contribution is 7.53. The van der Waals surface area contributed by atoms with Crippen molar-refractivity contribution in [2.75, 3.05) is 0 Å². The number of rotatable bonds is 2. The summed E-state index contributed by atoms with van der Waals surface area (Å²) >= 11 is 0. The van der Waals surface area contributed by atoms with E-state index in [4.69, 9.17) is 0 Å². The van der Waals surface area contributed by atoms with Gasteiger partial charge in [0.2, 0.25) is 0 Å². The fourth-order valence-corrected chi connectivity index (χ4v) is 2.13. The van der Waals surface area contributed by atoms with Crippen LogP contribution in [-0.4, -0.2) is 9.79 Å². The Balaban J connectivity index is 3.40. The molecule has 0 bridgehead atoms. The Labute approximate surface area is 90.3 Å². The summed E-state index contributed by atoms with van der Waals surface area (Å²) in [6, 6.07) is 5.55. The quantitative estimate of drug-likeness (QED) is 0.765. The highest BCUT2D eigenvalue weighted by Gasteiger charge is 2.40. The number of hydrogen-bond donors (Lipinski definition) is 2. The van der Waals surface area contributed by atoms with Gasteiger partial charge in [-0.2, -0.15) is 0 Å². The minimum atomic E-state index is -4.14. The molecule has 0 unspecified atom stereocenters. The molecule has 0 aliphatic rings. The van der Waals surface area contributed by atoms with Crippen molar-refractivity contribution in [3.05, 3.63) is 34.9 Å². The summed E-state index contributed by atoms with van der Waals surface area (Å²) in [7, 11) is -4.14. The van der Waals surface area contributed by atoms with Gasteiger partial charge in [-0.25, -0.2) is 0 Å². The van der Waals surface area contributed by atoms with Crippen LogP contribution >= 0.6 is 7.60 Å². The molecule has 0 saturated heterocycles. The predicted octanol–water partition coefficient (Wildman–Crippen LogP) is 2.72. The summed E-state index contributed by atoms with van der Waals surface area (Å²) in [4.78, 5) is 18.7. The lowest BCUT2D eigenvalue weighted by Crippen LogP contribution is -2.19. The Bertz CT molecular complexity index is 418. The highest BCUT2D eigenvalue weighted by atomic mass is 31.2. The van der Waals surface area contributed by atoms with Crippen LogP contribution in [0.5, 0.6) is 0 Å². The molecule has 0 fully saturated rings. The lowest BCUT2D eigenvalue weighted by Gasteiger charge is -2.28. The van der Waals surface area contributed by atoms with Gasteiger partial charge in [-0.3, -0.25) is 4.57 Å². The molecule has 0 aromatic heterocycles. The largest absolute Gasteiger partial charge is 0.335 e. The number of benzene rings is 1. The third-order valence-electron chi connectivity index (χ3n) is 2.99. The van der Waals surface area contributed by atoms with Crippen molar-refractivity contribution in [3.63, 3.8) is 0 Å². The van der Waals surface area contributed by atoms with E-state index in [-0.39, 0.29) is 0 Å². The molecular formula is C11H17O3P. The maximum absolute atomic E-state index is 11.4. The lowest BCUT2D eigenvalue weighted by molar-refractivity contribution is 0.337. The molecule has 0 heterocycles. The van der Waals surface area contributed by atoms with E-state index >= 15 is 0 Å². The fourth-order valence-electron chi connectivity index (χ4n) is 1.57. The second kappa shape index (κ2) is 3.75. The van der Waals surface area contributed by atoms with Crippen molar-refractivity contribution < 1.29 is 14.4 Å². The van der Waals surface area contributed by atoms with Crippen LogP contribution in [-0.2, 0) is 9.72 Å². The van der Waals surface area contributed by atoms with E-state index in [0.717, 1.165) is 16.7 Å². The second-order valence-electron chi connectivity index (χ2n) is 4.35. The molecule has 0 radical (unpaired) electrons. The van der Waals surface area contributed by atoms with Gasteiger partial charge in [0, 0.05) is 0 Å². The van der Waals surface area contributed by atoms with Gasteiger partial charge in [0.25, 0.3) is 0 Å². The van der Waals surface area contributed by atoms with Crippen LogP contribution in [0, 0.1) is 13.8 Å². The molecule has 3 nitrogen and oxygen atoms in total. The summed E-state index contributed by atoms with van der Waals surface area (Å²) in [6.45, 7) is 6.99. The van der Waals surface area contributed by atoms with Crippen molar-refractivity contribution in [1.82, 2.24) is 0 Å². The van der Waals surface area contributed by atoms with Crippen molar-refractivity contribution in [3.8, 4) is 0 Å². The Morgan fingerprint density at radius 1 is 1.20 bits per heavy atom. The summed E-state index contributed by atoms with van der Waals surface area (Å²) in [6.07, 6.45) is 0. The third-order valence-corrected chi connectivity index (χ3v) is 4.69. The topological polar surface area (TPSA) is 57.5 Å². The SMILES string of the molecule is Cc1cccc(C(C)(C)P(=O)(O)O)c1C. The van der Waals surface area contributed by atoms with E-state index in [2.05, 4.69) is 0 Å². The first kappa shape index (κ1) is 12.4. The molecule has 4 heteroatoms. The van der Waals surface area contributed by atoms with Gasteiger partial charge in [0.1, 0.15) is 0 Å². The zero-order valence-corrected chi connectivity index (χ0v) is 10.4. The van der Waals surface area contributed by atoms with Crippen molar-refractivity contribution in [2.24, 2.45) is 0 Å². The van der Waals surface area contributed by atoms with Crippen molar-refractivity contribution in [2.45, 2.75) is 32.9 Å². The molecule has 1 aromatic rings. The van der Waals surface area contributed by atoms with Gasteiger partial charge in [-0.15, -0.1) is 0 Å². The first-order valence-corrected chi connectivity index (χ1v) is 6.41. The first-order valence-electron chi connectivity index (χ1n) is 4.80. The summed E-state index contributed by atoms with van der Waals surface area (Å²) in [5.74, 6) is 0. The average Bonchev–Trinajstić information content (AvgIpc) is 2.07. The normalized spacial score (nSPS) is 12.9. The Morgan fingerprint density at radius 2 is 1.73 bits per heavy atom. The minimum absolute atomic E-state index is 0.718. The Hall–Kier alpha value is -0.630. The Kier molecular flexibility index (Phi) is 3.11. The van der Waals surface area contributed by atoms with Gasteiger partial charge in [0.15, 0.2) is 0 Å². The smallest absolute Gasteiger partial charge is 0.324 e. The molecular weight excluding hydrogens is 211 g/mol. The molecule has 0 amide bonds. The molecule has 1 aromatic carbocycles. The molecule has 0 aliphatic carbocycles. The van der Waals surface area contributed by atoms with Crippen molar-refractivity contribution in [1.29, 1.82) is 0 Å². The molecule has 0 spiro atoms. The average molecular weight is 228 g/mol. The molecule has 1 rings (SSSR count). The van der Waals surface area contributed by atoms with E-state index < -0.39 is 12.8 Å². The van der Waals surface area contributed by atoms with Crippen LogP contribution in [0.4, 0.5) is 0 Å². The predicted molar refractivity (Wildman–Crippen MR) is 61.0 cm³/mol. The minimum Gasteiger partial charge on any atom is -0.324 e. The maximum atomic E-state index is 11.4. The van der Waals surface area contributed by atoms with Gasteiger partial charge >= 0.3 is 7.60 Å². The highest BCUT2D eigenvalue weighted by Crippen LogP contribution is 2.57. The van der Waals surface area contributed by atoms with E-state index in [1.807, 2.05) is 26.0 Å². The van der Waals surface area contributed by atoms with Gasteiger partial charge in [0.05, 0.1) is 5.16 Å². The zero-order valence-electron chi connectivity index (χ0n) is 9.48. The van der Waals surface area contributed by atoms with Gasteiger partial charge < -0.3 is 9.79 Å². The summed E-state index contributed by atoms with van der Waals surface area (Å²) < 4.78 is 11.4. The summed E-state index contributed by atoms with van der Waals surface area (Å²) in [5.41, 5.74) is 2.72. The number of hydrogen-bond acceptors (Lipinski definition) is 1. The van der Waals surface area contributed by atoms with Crippen molar-refractivity contribution >= 4 is 7.60 Å². The molecule has 0 aliphatic heterocycles. The van der Waals surface area contributed by atoms with E-state index in [9.17, 15) is 14.4 Å². The second-order valence-corrected chi connectivity index (χ2v) is 6.56. The van der Waals surface area contributed by atoms with E-state index in [1.54, 1.807) is 19.9 Å². The fraction of sp³-hybridized carbons (Fsp3) is 0.455. The lowest BCUT2D eigenvalue weighted by atomic mass is 9.94. The molecule has 0 atom stereocenters. The van der Waals surface area contributed by atoms with Gasteiger partial charge in [-0.05, 0) is 44.4 Å². The Morgan fingerprint density at radius 3 is 2.20 bits per heavy atom. The number of aryl methyl sites for hydroxylation is 1. The molecule has 84 valence electrons. The van der Waals surface area contributed by atoms with Crippen LogP contribution < -0.4 is 0 Å². The van der Waals surface area contributed by atoms with Crippen LogP contribution in [0.1, 0.15) is 30.5 Å². The van der Waals surface area contributed by atoms with Crippen LogP contribution in [0.2, 0.25) is 0 Å². The zero-order chi connectivity index (χ0) is 11.9. The van der Waals surface area contributed by atoms with Crippen LogP contribution in [0.25, 0.3) is 0 Å². The molecule has 0 saturated carbocycles.